The Morgan fingerprint density at radius 1 is 1.10 bits per heavy atom. The Labute approximate surface area is 130 Å². The Kier molecular flexibility index (Phi) is 4.40. The molecule has 0 bridgehead atoms. The van der Waals surface area contributed by atoms with Crippen LogP contribution in [0.5, 0.6) is 0 Å². The lowest BCUT2D eigenvalue weighted by Gasteiger charge is -2.59. The van der Waals surface area contributed by atoms with Gasteiger partial charge in [0.2, 0.25) is 0 Å². The molecule has 1 aromatic carbocycles. The monoisotopic (exact) mass is 285 g/mol. The minimum absolute atomic E-state index is 0.415. The standard InChI is InChI=1S/C20H31N/c1-3-12-21-16-20(18-9-7-8-17(2)13-18)14-19(15-20)10-5-4-6-11-19/h7-9,13,21H,3-6,10-12,14-16H2,1-2H3. The first-order chi connectivity index (χ1) is 10.2. The van der Waals surface area contributed by atoms with E-state index in [-0.39, 0.29) is 0 Å². The van der Waals surface area contributed by atoms with Crippen LogP contribution in [0.1, 0.15) is 69.4 Å². The molecular weight excluding hydrogens is 254 g/mol. The van der Waals surface area contributed by atoms with Crippen molar-refractivity contribution in [2.45, 2.75) is 70.6 Å². The molecule has 1 aromatic rings. The van der Waals surface area contributed by atoms with Gasteiger partial charge in [-0.15, -0.1) is 0 Å². The molecule has 1 spiro atoms. The molecule has 0 aliphatic heterocycles. The summed E-state index contributed by atoms with van der Waals surface area (Å²) in [6.07, 6.45) is 11.4. The van der Waals surface area contributed by atoms with Gasteiger partial charge in [0.1, 0.15) is 0 Å². The molecule has 2 aliphatic carbocycles. The smallest absolute Gasteiger partial charge is 0.00884 e. The van der Waals surface area contributed by atoms with E-state index in [4.69, 9.17) is 0 Å². The third-order valence-electron chi connectivity index (χ3n) is 5.86. The van der Waals surface area contributed by atoms with Crippen LogP contribution in [0.2, 0.25) is 0 Å². The molecular formula is C20H31N. The van der Waals surface area contributed by atoms with E-state index >= 15 is 0 Å². The normalized spacial score (nSPS) is 23.0. The van der Waals surface area contributed by atoms with Gasteiger partial charge < -0.3 is 5.32 Å². The Bertz CT molecular complexity index is 462. The zero-order chi connectivity index (χ0) is 14.8. The first-order valence-corrected chi connectivity index (χ1v) is 8.96. The maximum atomic E-state index is 3.72. The summed E-state index contributed by atoms with van der Waals surface area (Å²) < 4.78 is 0. The van der Waals surface area contributed by atoms with Gasteiger partial charge in [-0.05, 0) is 56.6 Å². The molecule has 0 atom stereocenters. The van der Waals surface area contributed by atoms with Crippen LogP contribution < -0.4 is 5.32 Å². The molecule has 21 heavy (non-hydrogen) atoms. The van der Waals surface area contributed by atoms with Crippen molar-refractivity contribution in [2.24, 2.45) is 5.41 Å². The van der Waals surface area contributed by atoms with Gasteiger partial charge in [0.15, 0.2) is 0 Å². The Morgan fingerprint density at radius 2 is 1.86 bits per heavy atom. The number of aryl methyl sites for hydroxylation is 1. The summed E-state index contributed by atoms with van der Waals surface area (Å²) in [5, 5.41) is 3.72. The molecule has 2 saturated carbocycles. The number of rotatable bonds is 5. The zero-order valence-corrected chi connectivity index (χ0v) is 13.9. The SMILES string of the molecule is CCCNCC1(c2cccc(C)c2)CC2(CCCCC2)C1. The van der Waals surface area contributed by atoms with Crippen molar-refractivity contribution in [1.29, 1.82) is 0 Å². The number of hydrogen-bond donors (Lipinski definition) is 1. The van der Waals surface area contributed by atoms with Crippen LogP contribution >= 0.6 is 0 Å². The predicted octanol–water partition coefficient (Wildman–Crippen LogP) is 4.98. The van der Waals surface area contributed by atoms with Gasteiger partial charge >= 0.3 is 0 Å². The molecule has 0 saturated heterocycles. The summed E-state index contributed by atoms with van der Waals surface area (Å²) >= 11 is 0. The molecule has 2 aliphatic rings. The second-order valence-electron chi connectivity index (χ2n) is 7.74. The fourth-order valence-electron chi connectivity index (χ4n) is 4.95. The highest BCUT2D eigenvalue weighted by molar-refractivity contribution is 5.34. The Balaban J connectivity index is 1.77. The minimum Gasteiger partial charge on any atom is -0.316 e. The molecule has 0 radical (unpaired) electrons. The second kappa shape index (κ2) is 6.12. The van der Waals surface area contributed by atoms with Gasteiger partial charge in [0, 0.05) is 12.0 Å². The average molecular weight is 285 g/mol. The molecule has 1 nitrogen and oxygen atoms in total. The summed E-state index contributed by atoms with van der Waals surface area (Å²) in [5.41, 5.74) is 4.10. The zero-order valence-electron chi connectivity index (χ0n) is 13.9. The first-order valence-electron chi connectivity index (χ1n) is 8.96. The molecule has 3 rings (SSSR count). The third-order valence-corrected chi connectivity index (χ3v) is 5.86. The highest BCUT2D eigenvalue weighted by Crippen LogP contribution is 2.61. The predicted molar refractivity (Wildman–Crippen MR) is 90.8 cm³/mol. The second-order valence-corrected chi connectivity index (χ2v) is 7.74. The third kappa shape index (κ3) is 3.04. The van der Waals surface area contributed by atoms with Crippen molar-refractivity contribution < 1.29 is 0 Å². The fourth-order valence-corrected chi connectivity index (χ4v) is 4.95. The quantitative estimate of drug-likeness (QED) is 0.753. The Morgan fingerprint density at radius 3 is 2.52 bits per heavy atom. The van der Waals surface area contributed by atoms with Crippen LogP contribution in [-0.2, 0) is 5.41 Å². The van der Waals surface area contributed by atoms with Gasteiger partial charge in [-0.2, -0.15) is 0 Å². The average Bonchev–Trinajstić information content (AvgIpc) is 2.46. The summed E-state index contributed by atoms with van der Waals surface area (Å²) in [6.45, 7) is 6.81. The summed E-state index contributed by atoms with van der Waals surface area (Å²) in [4.78, 5) is 0. The van der Waals surface area contributed by atoms with Crippen molar-refractivity contribution >= 4 is 0 Å². The molecule has 116 valence electrons. The van der Waals surface area contributed by atoms with E-state index in [2.05, 4.69) is 43.4 Å². The molecule has 0 aromatic heterocycles. The van der Waals surface area contributed by atoms with Gasteiger partial charge in [0.25, 0.3) is 0 Å². The van der Waals surface area contributed by atoms with Crippen LogP contribution in [-0.4, -0.2) is 13.1 Å². The summed E-state index contributed by atoms with van der Waals surface area (Å²) in [7, 11) is 0. The highest BCUT2D eigenvalue weighted by Gasteiger charge is 2.54. The fraction of sp³-hybridized carbons (Fsp3) is 0.700. The van der Waals surface area contributed by atoms with E-state index in [9.17, 15) is 0 Å². The van der Waals surface area contributed by atoms with Crippen molar-refractivity contribution in [3.8, 4) is 0 Å². The first kappa shape index (κ1) is 15.1. The lowest BCUT2D eigenvalue weighted by Crippen LogP contribution is -2.55. The van der Waals surface area contributed by atoms with Crippen molar-refractivity contribution in [3.05, 3.63) is 35.4 Å². The van der Waals surface area contributed by atoms with E-state index < -0.39 is 0 Å². The van der Waals surface area contributed by atoms with Gasteiger partial charge in [0.05, 0.1) is 0 Å². The highest BCUT2D eigenvalue weighted by atomic mass is 14.9. The lowest BCUT2D eigenvalue weighted by molar-refractivity contribution is -0.0127. The minimum atomic E-state index is 0.415. The molecule has 0 heterocycles. The maximum absolute atomic E-state index is 3.72. The molecule has 1 heteroatoms. The lowest BCUT2D eigenvalue weighted by atomic mass is 9.46. The number of hydrogen-bond acceptors (Lipinski definition) is 1. The van der Waals surface area contributed by atoms with Crippen LogP contribution in [0.15, 0.2) is 24.3 Å². The molecule has 1 N–H and O–H groups in total. The molecule has 0 amide bonds. The van der Waals surface area contributed by atoms with E-state index in [1.807, 2.05) is 0 Å². The van der Waals surface area contributed by atoms with Crippen LogP contribution in [0.3, 0.4) is 0 Å². The van der Waals surface area contributed by atoms with Gasteiger partial charge in [-0.1, -0.05) is 56.0 Å². The van der Waals surface area contributed by atoms with E-state index in [0.29, 0.717) is 10.8 Å². The molecule has 2 fully saturated rings. The van der Waals surface area contributed by atoms with Crippen LogP contribution in [0.4, 0.5) is 0 Å². The van der Waals surface area contributed by atoms with E-state index in [0.717, 1.165) is 6.54 Å². The largest absolute Gasteiger partial charge is 0.316 e. The van der Waals surface area contributed by atoms with Crippen molar-refractivity contribution in [1.82, 2.24) is 5.32 Å². The van der Waals surface area contributed by atoms with E-state index in [1.165, 1.54) is 63.5 Å². The van der Waals surface area contributed by atoms with Crippen LogP contribution in [0, 0.1) is 12.3 Å². The maximum Gasteiger partial charge on any atom is 0.00884 e. The van der Waals surface area contributed by atoms with Gasteiger partial charge in [-0.25, -0.2) is 0 Å². The molecule has 0 unspecified atom stereocenters. The van der Waals surface area contributed by atoms with E-state index in [1.54, 1.807) is 5.56 Å². The summed E-state index contributed by atoms with van der Waals surface area (Å²) in [6, 6.07) is 9.28. The number of nitrogens with one attached hydrogen (secondary N) is 1. The summed E-state index contributed by atoms with van der Waals surface area (Å²) in [5.74, 6) is 0. The van der Waals surface area contributed by atoms with Crippen LogP contribution in [0.25, 0.3) is 0 Å². The van der Waals surface area contributed by atoms with Crippen molar-refractivity contribution in [2.75, 3.05) is 13.1 Å². The Hall–Kier alpha value is -0.820. The topological polar surface area (TPSA) is 12.0 Å². The van der Waals surface area contributed by atoms with Gasteiger partial charge in [-0.3, -0.25) is 0 Å². The number of benzene rings is 1. The van der Waals surface area contributed by atoms with Crippen molar-refractivity contribution in [3.63, 3.8) is 0 Å².